The molecule has 1 aliphatic heterocycles. The summed E-state index contributed by atoms with van der Waals surface area (Å²) in [7, 11) is 0. The van der Waals surface area contributed by atoms with Crippen molar-refractivity contribution in [3.05, 3.63) is 35.0 Å². The Labute approximate surface area is 240 Å². The Morgan fingerprint density at radius 3 is 2.49 bits per heavy atom. The highest BCUT2D eigenvalue weighted by atomic mass is 35.5. The third kappa shape index (κ3) is 6.45. The first kappa shape index (κ1) is 28.8. The molecule has 0 unspecified atom stereocenters. The molecule has 0 radical (unpaired) electrons. The second-order valence-corrected chi connectivity index (χ2v) is 11.3. The van der Waals surface area contributed by atoms with Gasteiger partial charge in [0.05, 0.1) is 12.3 Å². The quantitative estimate of drug-likeness (QED) is 0.344. The molecule has 0 bridgehead atoms. The van der Waals surface area contributed by atoms with Crippen molar-refractivity contribution in [2.45, 2.75) is 70.6 Å². The lowest BCUT2D eigenvalue weighted by Gasteiger charge is -2.33. The number of likely N-dealkylation sites (tertiary alicyclic amines) is 1. The first-order chi connectivity index (χ1) is 19.6. The van der Waals surface area contributed by atoms with E-state index >= 15 is 0 Å². The van der Waals surface area contributed by atoms with Gasteiger partial charge in [-0.3, -0.25) is 9.36 Å². The fraction of sp³-hybridized carbons (Fsp3) is 0.519. The van der Waals surface area contributed by atoms with Crippen LogP contribution in [0.2, 0.25) is 5.02 Å². The Balaban J connectivity index is 1.45. The summed E-state index contributed by atoms with van der Waals surface area (Å²) in [5.41, 5.74) is 6.04. The van der Waals surface area contributed by atoms with Crippen LogP contribution in [0.3, 0.4) is 0 Å². The fourth-order valence-electron chi connectivity index (χ4n) is 5.51. The summed E-state index contributed by atoms with van der Waals surface area (Å²) in [6.45, 7) is 4.66. The van der Waals surface area contributed by atoms with Crippen molar-refractivity contribution >= 4 is 52.3 Å². The minimum atomic E-state index is -0.864. The Bertz CT molecular complexity index is 1420. The number of rotatable bonds is 7. The molecule has 2 fully saturated rings. The van der Waals surface area contributed by atoms with Crippen molar-refractivity contribution in [2.75, 3.05) is 23.7 Å². The highest BCUT2D eigenvalue weighted by molar-refractivity contribution is 6.30. The van der Waals surface area contributed by atoms with E-state index in [4.69, 9.17) is 27.1 Å². The number of ether oxygens (including phenoxy) is 1. The number of hydrogen-bond acceptors (Lipinski definition) is 8. The standard InChI is InChI=1S/C27H33ClF2N8O3/c1-14(2)41-27(40)37-9-3-4-17(13-37)33-25-32-12-21-24(36-25)38(18-7-5-15(6-8-18)23(31)39)26(34-21)35-22-19(29)10-16(28)11-20(22)30/h10-12,14-15,17-18H,3-9,13H2,1-2H3,(H2,31,39)(H,34,35)(H,32,33,36)/t15-,17-,18+/m1/s1. The van der Waals surface area contributed by atoms with E-state index in [1.54, 1.807) is 15.7 Å². The molecule has 14 heteroatoms. The predicted molar refractivity (Wildman–Crippen MR) is 150 cm³/mol. The number of amides is 2. The zero-order valence-electron chi connectivity index (χ0n) is 22.9. The number of benzene rings is 1. The molecule has 1 saturated carbocycles. The maximum atomic E-state index is 14.7. The van der Waals surface area contributed by atoms with Crippen molar-refractivity contribution in [3.8, 4) is 0 Å². The van der Waals surface area contributed by atoms with Crippen LogP contribution in [0, 0.1) is 17.6 Å². The molecule has 3 heterocycles. The van der Waals surface area contributed by atoms with Crippen LogP contribution < -0.4 is 16.4 Å². The van der Waals surface area contributed by atoms with Gasteiger partial charge in [0.1, 0.15) is 11.2 Å². The average Bonchev–Trinajstić information content (AvgIpc) is 3.27. The van der Waals surface area contributed by atoms with Crippen LogP contribution in [-0.2, 0) is 9.53 Å². The van der Waals surface area contributed by atoms with E-state index in [2.05, 4.69) is 20.6 Å². The van der Waals surface area contributed by atoms with E-state index in [-0.39, 0.29) is 47.1 Å². The van der Waals surface area contributed by atoms with E-state index in [0.717, 1.165) is 25.0 Å². The van der Waals surface area contributed by atoms with Crippen molar-refractivity contribution in [1.82, 2.24) is 24.4 Å². The zero-order chi connectivity index (χ0) is 29.3. The molecule has 1 atom stereocenters. The Morgan fingerprint density at radius 2 is 1.83 bits per heavy atom. The molecule has 41 heavy (non-hydrogen) atoms. The number of nitrogens with zero attached hydrogens (tertiary/aromatic N) is 5. The molecule has 3 aromatic rings. The fourth-order valence-corrected chi connectivity index (χ4v) is 5.70. The van der Waals surface area contributed by atoms with Crippen molar-refractivity contribution in [2.24, 2.45) is 11.7 Å². The normalized spacial score (nSPS) is 21.2. The monoisotopic (exact) mass is 590 g/mol. The summed E-state index contributed by atoms with van der Waals surface area (Å²) in [5, 5.41) is 6.05. The summed E-state index contributed by atoms with van der Waals surface area (Å²) in [6.07, 6.45) is 4.92. The molecule has 1 saturated heterocycles. The number of halogens is 3. The summed E-state index contributed by atoms with van der Waals surface area (Å²) in [6, 6.07) is 1.78. The van der Waals surface area contributed by atoms with E-state index in [1.165, 1.54) is 0 Å². The number of nitrogens with two attached hydrogens (primary N) is 1. The third-order valence-electron chi connectivity index (χ3n) is 7.49. The maximum absolute atomic E-state index is 14.7. The lowest BCUT2D eigenvalue weighted by Crippen LogP contribution is -2.46. The SMILES string of the molecule is CC(C)OC(=O)N1CCC[C@@H](Nc2ncc3nc(Nc4c(F)cc(Cl)cc4F)n([C@H]4CC[C@@H](C(N)=O)CC4)c3n2)C1. The number of hydrogen-bond donors (Lipinski definition) is 3. The second-order valence-electron chi connectivity index (χ2n) is 10.8. The van der Waals surface area contributed by atoms with E-state index in [0.29, 0.717) is 55.9 Å². The number of nitrogens with one attached hydrogen (secondary N) is 2. The van der Waals surface area contributed by atoms with Gasteiger partial charge in [0.2, 0.25) is 17.8 Å². The molecule has 0 spiro atoms. The van der Waals surface area contributed by atoms with Gasteiger partial charge in [-0.15, -0.1) is 0 Å². The Kier molecular flexibility index (Phi) is 8.43. The van der Waals surface area contributed by atoms with Gasteiger partial charge in [-0.25, -0.2) is 23.5 Å². The molecule has 1 aromatic carbocycles. The van der Waals surface area contributed by atoms with Gasteiger partial charge in [0.25, 0.3) is 0 Å². The van der Waals surface area contributed by atoms with Crippen LogP contribution >= 0.6 is 11.6 Å². The molecular formula is C27H33ClF2N8O3. The summed E-state index contributed by atoms with van der Waals surface area (Å²) in [5.74, 6) is -1.77. The van der Waals surface area contributed by atoms with E-state index in [1.807, 2.05) is 13.8 Å². The van der Waals surface area contributed by atoms with Crippen molar-refractivity contribution in [3.63, 3.8) is 0 Å². The predicted octanol–water partition coefficient (Wildman–Crippen LogP) is 5.14. The number of carbonyl (C=O) groups excluding carboxylic acids is 2. The zero-order valence-corrected chi connectivity index (χ0v) is 23.6. The van der Waals surface area contributed by atoms with Crippen LogP contribution in [0.4, 0.5) is 31.2 Å². The highest BCUT2D eigenvalue weighted by Gasteiger charge is 2.30. The number of piperidine rings is 1. The van der Waals surface area contributed by atoms with Gasteiger partial charge in [-0.05, 0) is 64.5 Å². The number of anilines is 3. The number of imidazole rings is 1. The van der Waals surface area contributed by atoms with Crippen LogP contribution in [-0.4, -0.2) is 61.7 Å². The van der Waals surface area contributed by atoms with Gasteiger partial charge in [0, 0.05) is 36.1 Å². The number of aromatic nitrogens is 4. The minimum absolute atomic E-state index is 0.0656. The molecule has 2 amide bonds. The molecular weight excluding hydrogens is 558 g/mol. The van der Waals surface area contributed by atoms with Crippen molar-refractivity contribution in [1.29, 1.82) is 0 Å². The lowest BCUT2D eigenvalue weighted by atomic mass is 9.85. The molecule has 1 aliphatic carbocycles. The van der Waals surface area contributed by atoms with Gasteiger partial charge >= 0.3 is 6.09 Å². The van der Waals surface area contributed by atoms with Gasteiger partial charge in [0.15, 0.2) is 17.3 Å². The first-order valence-corrected chi connectivity index (χ1v) is 14.1. The van der Waals surface area contributed by atoms with E-state index in [9.17, 15) is 18.4 Å². The molecule has 220 valence electrons. The lowest BCUT2D eigenvalue weighted by molar-refractivity contribution is -0.122. The van der Waals surface area contributed by atoms with Crippen LogP contribution in [0.5, 0.6) is 0 Å². The molecule has 5 rings (SSSR count). The van der Waals surface area contributed by atoms with Crippen LogP contribution in [0.1, 0.15) is 58.4 Å². The Morgan fingerprint density at radius 1 is 1.12 bits per heavy atom. The topological polar surface area (TPSA) is 140 Å². The van der Waals surface area contributed by atoms with Gasteiger partial charge < -0.3 is 26.0 Å². The molecule has 2 aromatic heterocycles. The third-order valence-corrected chi connectivity index (χ3v) is 7.71. The second kappa shape index (κ2) is 12.0. The maximum Gasteiger partial charge on any atom is 0.410 e. The smallest absolute Gasteiger partial charge is 0.410 e. The molecule has 4 N–H and O–H groups in total. The summed E-state index contributed by atoms with van der Waals surface area (Å²) in [4.78, 5) is 39.6. The number of fused-ring (bicyclic) bond motifs is 1. The average molecular weight is 591 g/mol. The van der Waals surface area contributed by atoms with Crippen molar-refractivity contribution < 1.29 is 23.1 Å². The van der Waals surface area contributed by atoms with E-state index < -0.39 is 17.3 Å². The van der Waals surface area contributed by atoms with Gasteiger partial charge in [-0.1, -0.05) is 11.6 Å². The van der Waals surface area contributed by atoms with Gasteiger partial charge in [-0.2, -0.15) is 4.98 Å². The van der Waals surface area contributed by atoms with Crippen LogP contribution in [0.15, 0.2) is 18.3 Å². The number of carbonyl (C=O) groups is 2. The number of primary amides is 1. The minimum Gasteiger partial charge on any atom is -0.447 e. The summed E-state index contributed by atoms with van der Waals surface area (Å²) < 4.78 is 36.5. The highest BCUT2D eigenvalue weighted by Crippen LogP contribution is 2.38. The van der Waals surface area contributed by atoms with Crippen LogP contribution in [0.25, 0.3) is 11.2 Å². The molecule has 2 aliphatic rings. The molecule has 11 nitrogen and oxygen atoms in total. The Hall–Kier alpha value is -3.74. The first-order valence-electron chi connectivity index (χ1n) is 13.8. The summed E-state index contributed by atoms with van der Waals surface area (Å²) >= 11 is 5.81. The largest absolute Gasteiger partial charge is 0.447 e.